The first-order valence-corrected chi connectivity index (χ1v) is 12.3. The first-order valence-electron chi connectivity index (χ1n) is 12.3. The summed E-state index contributed by atoms with van der Waals surface area (Å²) in [6, 6.07) is 0. The molecule has 0 saturated heterocycles. The van der Waals surface area contributed by atoms with Crippen molar-refractivity contribution in [1.29, 1.82) is 0 Å². The second kappa shape index (κ2) is 7.52. The second-order valence-corrected chi connectivity index (χ2v) is 12.2. The maximum absolute atomic E-state index is 10.1. The Hall–Kier alpha value is -0.600. The zero-order valence-electron chi connectivity index (χ0n) is 19.5. The molecule has 8 atom stereocenters. The Morgan fingerprint density at radius 2 is 1.93 bits per heavy atom. The van der Waals surface area contributed by atoms with Crippen molar-refractivity contribution in [3.05, 3.63) is 23.8 Å². The monoisotopic (exact) mass is 400 g/mol. The van der Waals surface area contributed by atoms with E-state index >= 15 is 0 Å². The zero-order chi connectivity index (χ0) is 21.0. The van der Waals surface area contributed by atoms with Crippen molar-refractivity contribution < 1.29 is 10.2 Å². The topological polar surface area (TPSA) is 40.5 Å². The SMILES string of the molecule is C[C@H](CCCC(C)(C)O)[C@H]1CC[C@H]2[C@@H]3CC=C4C[C@@H](O)C=C[C@]4(C)[C@H]3CC[C@]12C. The number of hydrogen-bond donors (Lipinski definition) is 2. The summed E-state index contributed by atoms with van der Waals surface area (Å²) in [6.07, 6.45) is 17.6. The molecule has 0 heterocycles. The molecule has 4 aliphatic carbocycles. The predicted octanol–water partition coefficient (Wildman–Crippen LogP) is 6.28. The summed E-state index contributed by atoms with van der Waals surface area (Å²) < 4.78 is 0. The highest BCUT2D eigenvalue weighted by Crippen LogP contribution is 2.66. The largest absolute Gasteiger partial charge is 0.390 e. The van der Waals surface area contributed by atoms with E-state index in [-0.39, 0.29) is 11.5 Å². The molecule has 0 aromatic heterocycles. The molecule has 2 heteroatoms. The van der Waals surface area contributed by atoms with Gasteiger partial charge in [-0.05, 0) is 93.8 Å². The molecule has 2 N–H and O–H groups in total. The summed E-state index contributed by atoms with van der Waals surface area (Å²) in [6.45, 7) is 11.4. The third-order valence-electron chi connectivity index (χ3n) is 9.84. The van der Waals surface area contributed by atoms with E-state index in [2.05, 4.69) is 39.0 Å². The summed E-state index contributed by atoms with van der Waals surface area (Å²) in [5.74, 6) is 4.04. The van der Waals surface area contributed by atoms with E-state index in [0.29, 0.717) is 5.41 Å². The molecule has 2 nitrogen and oxygen atoms in total. The van der Waals surface area contributed by atoms with Crippen LogP contribution < -0.4 is 0 Å². The minimum Gasteiger partial charge on any atom is -0.390 e. The van der Waals surface area contributed by atoms with E-state index < -0.39 is 5.60 Å². The molecular weight excluding hydrogens is 356 g/mol. The molecule has 2 saturated carbocycles. The van der Waals surface area contributed by atoms with E-state index in [9.17, 15) is 10.2 Å². The van der Waals surface area contributed by atoms with Crippen molar-refractivity contribution >= 4 is 0 Å². The zero-order valence-corrected chi connectivity index (χ0v) is 19.5. The Kier molecular flexibility index (Phi) is 5.61. The van der Waals surface area contributed by atoms with Crippen LogP contribution in [0.25, 0.3) is 0 Å². The van der Waals surface area contributed by atoms with Crippen LogP contribution in [0.15, 0.2) is 23.8 Å². The highest BCUT2D eigenvalue weighted by Gasteiger charge is 2.58. The highest BCUT2D eigenvalue weighted by atomic mass is 16.3. The van der Waals surface area contributed by atoms with E-state index in [4.69, 9.17) is 0 Å². The number of aliphatic hydroxyl groups excluding tert-OH is 1. The first-order chi connectivity index (χ1) is 13.5. The molecule has 0 aromatic carbocycles. The van der Waals surface area contributed by atoms with E-state index in [1.165, 1.54) is 44.1 Å². The molecular formula is C27H44O2. The van der Waals surface area contributed by atoms with Gasteiger partial charge < -0.3 is 10.2 Å². The van der Waals surface area contributed by atoms with Gasteiger partial charge in [0.1, 0.15) is 0 Å². The molecule has 0 bridgehead atoms. The van der Waals surface area contributed by atoms with Crippen LogP contribution in [0.2, 0.25) is 0 Å². The molecule has 4 aliphatic rings. The lowest BCUT2D eigenvalue weighted by atomic mass is 9.48. The van der Waals surface area contributed by atoms with Crippen LogP contribution >= 0.6 is 0 Å². The summed E-state index contributed by atoms with van der Waals surface area (Å²) in [5, 5.41) is 20.2. The van der Waals surface area contributed by atoms with Gasteiger partial charge in [-0.3, -0.25) is 0 Å². The quantitative estimate of drug-likeness (QED) is 0.533. The van der Waals surface area contributed by atoms with Gasteiger partial charge in [-0.15, -0.1) is 0 Å². The number of fused-ring (bicyclic) bond motifs is 5. The third-order valence-corrected chi connectivity index (χ3v) is 9.84. The summed E-state index contributed by atoms with van der Waals surface area (Å²) in [5.41, 5.74) is 1.66. The predicted molar refractivity (Wildman–Crippen MR) is 120 cm³/mol. The maximum atomic E-state index is 10.1. The van der Waals surface area contributed by atoms with Crippen LogP contribution in [-0.4, -0.2) is 21.9 Å². The Balaban J connectivity index is 1.48. The lowest BCUT2D eigenvalue weighted by Gasteiger charge is -2.57. The second-order valence-electron chi connectivity index (χ2n) is 12.2. The van der Waals surface area contributed by atoms with E-state index in [1.54, 1.807) is 0 Å². The molecule has 0 aromatic rings. The van der Waals surface area contributed by atoms with E-state index in [1.807, 2.05) is 13.8 Å². The summed E-state index contributed by atoms with van der Waals surface area (Å²) in [7, 11) is 0. The van der Waals surface area contributed by atoms with Gasteiger partial charge in [-0.2, -0.15) is 0 Å². The van der Waals surface area contributed by atoms with Crippen LogP contribution in [0.1, 0.15) is 92.4 Å². The van der Waals surface area contributed by atoms with Crippen LogP contribution in [0, 0.1) is 40.4 Å². The summed E-state index contributed by atoms with van der Waals surface area (Å²) >= 11 is 0. The Bertz CT molecular complexity index is 671. The highest BCUT2D eigenvalue weighted by molar-refractivity contribution is 5.32. The minimum atomic E-state index is -0.525. The Morgan fingerprint density at radius 1 is 1.17 bits per heavy atom. The molecule has 0 spiro atoms. The van der Waals surface area contributed by atoms with Crippen molar-refractivity contribution in [3.63, 3.8) is 0 Å². The third kappa shape index (κ3) is 3.78. The van der Waals surface area contributed by atoms with Crippen LogP contribution in [-0.2, 0) is 0 Å². The normalized spacial score (nSPS) is 45.2. The molecule has 4 rings (SSSR count). The van der Waals surface area contributed by atoms with Crippen molar-refractivity contribution in [2.45, 2.75) is 104 Å². The maximum Gasteiger partial charge on any atom is 0.0758 e. The fraction of sp³-hybridized carbons (Fsp3) is 0.852. The van der Waals surface area contributed by atoms with Crippen molar-refractivity contribution in [2.75, 3.05) is 0 Å². The van der Waals surface area contributed by atoms with Gasteiger partial charge in [0, 0.05) is 5.41 Å². The standard InChI is InChI=1S/C27H44O2/c1-18(7-6-14-25(2,3)29)22-10-11-23-21-9-8-19-17-20(28)12-15-26(19,4)24(21)13-16-27(22,23)5/h8,12,15,18,20-24,28-29H,6-7,9-11,13-14,16-17H2,1-5H3/t18-,20+,21+,22-,23+,24+,26+,27-/m1/s1. The lowest BCUT2D eigenvalue weighted by Crippen LogP contribution is -2.49. The molecule has 2 fully saturated rings. The first kappa shape index (κ1) is 21.6. The Labute approximate surface area is 178 Å². The van der Waals surface area contributed by atoms with Crippen LogP contribution in [0.5, 0.6) is 0 Å². The fourth-order valence-corrected chi connectivity index (χ4v) is 8.27. The van der Waals surface area contributed by atoms with Crippen molar-refractivity contribution in [2.24, 2.45) is 40.4 Å². The van der Waals surface area contributed by atoms with Gasteiger partial charge in [-0.1, -0.05) is 57.4 Å². The van der Waals surface area contributed by atoms with Crippen LogP contribution in [0.4, 0.5) is 0 Å². The minimum absolute atomic E-state index is 0.180. The van der Waals surface area contributed by atoms with Crippen molar-refractivity contribution in [1.82, 2.24) is 0 Å². The van der Waals surface area contributed by atoms with Gasteiger partial charge in [0.05, 0.1) is 11.7 Å². The molecule has 0 aliphatic heterocycles. The van der Waals surface area contributed by atoms with Gasteiger partial charge in [0.15, 0.2) is 0 Å². The average molecular weight is 401 g/mol. The van der Waals surface area contributed by atoms with Crippen LogP contribution in [0.3, 0.4) is 0 Å². The molecule has 0 radical (unpaired) electrons. The number of rotatable bonds is 5. The molecule has 0 amide bonds. The number of aliphatic hydroxyl groups is 2. The molecule has 164 valence electrons. The fourth-order valence-electron chi connectivity index (χ4n) is 8.27. The van der Waals surface area contributed by atoms with Crippen molar-refractivity contribution in [3.8, 4) is 0 Å². The van der Waals surface area contributed by atoms with E-state index in [0.717, 1.165) is 48.9 Å². The number of allylic oxidation sites excluding steroid dienone is 2. The summed E-state index contributed by atoms with van der Waals surface area (Å²) in [4.78, 5) is 0. The lowest BCUT2D eigenvalue weighted by molar-refractivity contribution is -0.0361. The molecule has 0 unspecified atom stereocenters. The Morgan fingerprint density at radius 3 is 2.66 bits per heavy atom. The van der Waals surface area contributed by atoms with Gasteiger partial charge in [0.2, 0.25) is 0 Å². The van der Waals surface area contributed by atoms with Gasteiger partial charge >= 0.3 is 0 Å². The number of hydrogen-bond acceptors (Lipinski definition) is 2. The smallest absolute Gasteiger partial charge is 0.0758 e. The average Bonchev–Trinajstić information content (AvgIpc) is 2.98. The van der Waals surface area contributed by atoms with Gasteiger partial charge in [-0.25, -0.2) is 0 Å². The van der Waals surface area contributed by atoms with Gasteiger partial charge in [0.25, 0.3) is 0 Å². The molecule has 29 heavy (non-hydrogen) atoms.